The van der Waals surface area contributed by atoms with Crippen molar-refractivity contribution in [1.29, 1.82) is 0 Å². The normalized spacial score (nSPS) is 2.17. The van der Waals surface area contributed by atoms with Crippen molar-refractivity contribution in [2.75, 3.05) is 0 Å². The Morgan fingerprint density at radius 3 is 0.500 bits per heavy atom. The molecule has 0 saturated heterocycles. The summed E-state index contributed by atoms with van der Waals surface area (Å²) in [5.41, 5.74) is 0. The molecule has 7 heteroatoms. The van der Waals surface area contributed by atoms with Gasteiger partial charge >= 0.3 is 27.7 Å². The van der Waals surface area contributed by atoms with E-state index in [9.17, 15) is 0 Å². The van der Waals surface area contributed by atoms with Gasteiger partial charge in [-0.3, -0.25) is 0 Å². The van der Waals surface area contributed by atoms with Crippen molar-refractivity contribution in [2.45, 2.75) is 0 Å². The molecule has 0 spiro atoms. The first-order chi connectivity index (χ1) is 6.00. The van der Waals surface area contributed by atoms with Crippen LogP contribution in [0.4, 0.5) is 0 Å². The molecule has 0 aromatic heterocycles. The molecule has 0 heterocycles. The number of hydrogen-bond donors (Lipinski definition) is 0. The Morgan fingerprint density at radius 2 is 0.500 bits per heavy atom. The van der Waals surface area contributed by atoms with Crippen LogP contribution in [0.2, 0.25) is 0 Å². The third-order valence-corrected chi connectivity index (χ3v) is 0. The van der Waals surface area contributed by atoms with Gasteiger partial charge in [0.15, 0.2) is 0 Å². The summed E-state index contributed by atoms with van der Waals surface area (Å²) in [6.45, 7) is 10.0. The molecule has 5 nitrogen and oxygen atoms in total. The molecule has 0 N–H and O–H groups in total. The van der Waals surface area contributed by atoms with Gasteiger partial charge in [-0.25, -0.2) is 0 Å². The standard InChI is InChI=1S/5CH2O.ClH.Re/c5*1-2;;/h5*1H2;1H;/q;;;;;;+1/p-1. The first-order valence-electron chi connectivity index (χ1n) is 1.59. The Labute approximate surface area is 85.8 Å². The third-order valence-electron chi connectivity index (χ3n) is 0. The van der Waals surface area contributed by atoms with E-state index in [1.54, 1.807) is 0 Å². The molecule has 0 radical (unpaired) electrons. The molecule has 0 fully saturated rings. The van der Waals surface area contributed by atoms with Crippen molar-refractivity contribution in [3.63, 3.8) is 0 Å². The van der Waals surface area contributed by atoms with Crippen LogP contribution in [0.25, 0.3) is 0 Å². The number of rotatable bonds is 0. The zero-order valence-electron chi connectivity index (χ0n) is 6.33. The fourth-order valence-electron chi connectivity index (χ4n) is 0. The summed E-state index contributed by atoms with van der Waals surface area (Å²) in [7, 11) is 4.69. The minimum absolute atomic E-state index is 1.19. The molecule has 0 saturated carbocycles. The van der Waals surface area contributed by atoms with Gasteiger partial charge in [0.25, 0.3) is 0 Å². The second-order valence-corrected chi connectivity index (χ2v) is 0. The number of carbonyl (C=O) groups is 5. The number of hydrogen-bond acceptors (Lipinski definition) is 5. The van der Waals surface area contributed by atoms with Crippen molar-refractivity contribution in [3.05, 3.63) is 0 Å². The van der Waals surface area contributed by atoms with E-state index in [0.29, 0.717) is 0 Å². The van der Waals surface area contributed by atoms with Gasteiger partial charge in [-0.1, -0.05) is 0 Å². The van der Waals surface area contributed by atoms with E-state index in [4.69, 9.17) is 33.5 Å². The molecule has 0 aromatic rings. The van der Waals surface area contributed by atoms with Crippen LogP contribution in [-0.2, 0) is 42.2 Å². The first-order valence-corrected chi connectivity index (χ1v) is 4.95. The molecule has 12 heavy (non-hydrogen) atoms. The van der Waals surface area contributed by atoms with Gasteiger partial charge in [0.2, 0.25) is 0 Å². The molecule has 0 unspecified atom stereocenters. The first kappa shape index (κ1) is 42.7. The summed E-state index contributed by atoms with van der Waals surface area (Å²) in [5, 5.41) is 0. The second-order valence-electron chi connectivity index (χ2n) is 0. The number of carbonyl (C=O) groups excluding carboxylic acids is 5. The van der Waals surface area contributed by atoms with E-state index in [1.807, 2.05) is 33.9 Å². The average Bonchev–Trinajstić information content (AvgIpc) is 2.33. The van der Waals surface area contributed by atoms with Gasteiger partial charge in [-0.05, 0) is 0 Å². The van der Waals surface area contributed by atoms with Gasteiger partial charge in [0.05, 0.1) is 0 Å². The summed E-state index contributed by atoms with van der Waals surface area (Å²) < 4.78 is 0. The molecule has 0 aromatic carbocycles. The molecule has 0 aliphatic rings. The van der Waals surface area contributed by atoms with Crippen LogP contribution in [0.1, 0.15) is 0 Å². The quantitative estimate of drug-likeness (QED) is 0.587. The van der Waals surface area contributed by atoms with Crippen molar-refractivity contribution < 1.29 is 42.2 Å². The molecular formula is C5H10ClO5Re. The molecule has 0 atom stereocenters. The predicted molar refractivity (Wildman–Crippen MR) is 41.5 cm³/mol. The Morgan fingerprint density at radius 1 is 0.500 bits per heavy atom. The molecule has 0 rings (SSSR count). The van der Waals surface area contributed by atoms with Crippen molar-refractivity contribution in [2.24, 2.45) is 0 Å². The maximum absolute atomic E-state index is 8.00. The molecule has 0 amide bonds. The Balaban J connectivity index is -0.00000000900. The summed E-state index contributed by atoms with van der Waals surface area (Å²) in [5.74, 6) is 0. The summed E-state index contributed by atoms with van der Waals surface area (Å²) in [6.07, 6.45) is 0. The van der Waals surface area contributed by atoms with E-state index < -0.39 is 0 Å². The zero-order chi connectivity index (χ0) is 12.0. The predicted octanol–water partition coefficient (Wildman–Crippen LogP) is -0.238. The molecule has 0 bridgehead atoms. The zero-order valence-corrected chi connectivity index (χ0v) is 9.80. The SMILES string of the molecule is C=O.C=O.C=O.C=O.C=O.[Cl][Re]. The minimum atomic E-state index is 1.19. The topological polar surface area (TPSA) is 85.3 Å². The van der Waals surface area contributed by atoms with Crippen molar-refractivity contribution in [1.82, 2.24) is 0 Å². The van der Waals surface area contributed by atoms with Crippen LogP contribution in [-0.4, -0.2) is 33.9 Å². The van der Waals surface area contributed by atoms with E-state index in [-0.39, 0.29) is 0 Å². The maximum atomic E-state index is 8.00. The van der Waals surface area contributed by atoms with E-state index in [1.165, 1.54) is 18.2 Å². The fourth-order valence-corrected chi connectivity index (χ4v) is 0. The second kappa shape index (κ2) is 1830. The third kappa shape index (κ3) is 1320. The van der Waals surface area contributed by atoms with Crippen molar-refractivity contribution >= 4 is 43.5 Å². The van der Waals surface area contributed by atoms with Crippen LogP contribution in [0.3, 0.4) is 0 Å². The Kier molecular flexibility index (Phi) is 6510. The van der Waals surface area contributed by atoms with Crippen LogP contribution >= 0.6 is 9.53 Å². The molecule has 0 aliphatic carbocycles. The summed E-state index contributed by atoms with van der Waals surface area (Å²) in [6, 6.07) is 0. The Bertz CT molecular complexity index is 31.4. The molecule has 74 valence electrons. The average molecular weight is 372 g/mol. The summed E-state index contributed by atoms with van der Waals surface area (Å²) >= 11 is 1.19. The summed E-state index contributed by atoms with van der Waals surface area (Å²) in [4.78, 5) is 40.0. The van der Waals surface area contributed by atoms with Gasteiger partial charge < -0.3 is 24.0 Å². The van der Waals surface area contributed by atoms with E-state index >= 15 is 0 Å². The monoisotopic (exact) mass is 372 g/mol. The molecular weight excluding hydrogens is 362 g/mol. The van der Waals surface area contributed by atoms with Crippen LogP contribution in [0.5, 0.6) is 0 Å². The Hall–Kier alpha value is -0.698. The molecule has 0 aliphatic heterocycles. The van der Waals surface area contributed by atoms with Gasteiger partial charge in [0.1, 0.15) is 33.9 Å². The fraction of sp³-hybridized carbons (Fsp3) is 0. The van der Waals surface area contributed by atoms with Crippen LogP contribution in [0, 0.1) is 0 Å². The van der Waals surface area contributed by atoms with E-state index in [0.717, 1.165) is 0 Å². The van der Waals surface area contributed by atoms with Crippen LogP contribution < -0.4 is 0 Å². The van der Waals surface area contributed by atoms with Crippen LogP contribution in [0.15, 0.2) is 0 Å². The van der Waals surface area contributed by atoms with E-state index in [2.05, 4.69) is 0 Å². The van der Waals surface area contributed by atoms with Gasteiger partial charge in [0, 0.05) is 0 Å². The number of halogens is 1. The van der Waals surface area contributed by atoms with Gasteiger partial charge in [-0.15, -0.1) is 0 Å². The van der Waals surface area contributed by atoms with Crippen molar-refractivity contribution in [3.8, 4) is 0 Å². The van der Waals surface area contributed by atoms with Gasteiger partial charge in [-0.2, -0.15) is 0 Å².